The molecule has 1 heterocycles. The lowest BCUT2D eigenvalue weighted by Gasteiger charge is -2.07. The van der Waals surface area contributed by atoms with Gasteiger partial charge in [0.1, 0.15) is 12.7 Å². The molecule has 24 heavy (non-hydrogen) atoms. The predicted octanol–water partition coefficient (Wildman–Crippen LogP) is 2.76. The predicted molar refractivity (Wildman–Crippen MR) is 96.1 cm³/mol. The minimum Gasteiger partial charge on any atom is -0.370 e. The van der Waals surface area contributed by atoms with E-state index in [1.165, 1.54) is 11.9 Å². The van der Waals surface area contributed by atoms with Crippen molar-refractivity contribution >= 4 is 11.6 Å². The van der Waals surface area contributed by atoms with Gasteiger partial charge in [0.15, 0.2) is 5.96 Å². The van der Waals surface area contributed by atoms with E-state index in [2.05, 4.69) is 39.4 Å². The summed E-state index contributed by atoms with van der Waals surface area (Å²) < 4.78 is 1.71. The lowest BCUT2D eigenvalue weighted by atomic mass is 10.1. The van der Waals surface area contributed by atoms with Crippen LogP contribution < -0.4 is 11.1 Å². The van der Waals surface area contributed by atoms with Crippen molar-refractivity contribution in [3.63, 3.8) is 0 Å². The third-order valence-electron chi connectivity index (χ3n) is 3.66. The molecule has 0 aliphatic rings. The molecule has 0 unspecified atom stereocenters. The number of hydrogen-bond acceptors (Lipinski definition) is 3. The molecule has 0 fully saturated rings. The Bertz CT molecular complexity index is 806. The van der Waals surface area contributed by atoms with Gasteiger partial charge in [-0.05, 0) is 41.8 Å². The van der Waals surface area contributed by atoms with Gasteiger partial charge in [0.05, 0.1) is 12.2 Å². The topological polar surface area (TPSA) is 81.1 Å². The van der Waals surface area contributed by atoms with Crippen LogP contribution in [0.25, 0.3) is 5.69 Å². The molecule has 3 rings (SSSR count). The number of nitrogens with two attached hydrogens (primary N) is 1. The van der Waals surface area contributed by atoms with Gasteiger partial charge in [0, 0.05) is 5.69 Å². The SMILES string of the molecule is CCc1cccc(NC(N)=NCc2ccc(-n3cncn3)cc2)c1. The molecule has 0 aliphatic heterocycles. The monoisotopic (exact) mass is 320 g/mol. The maximum atomic E-state index is 5.97. The highest BCUT2D eigenvalue weighted by Crippen LogP contribution is 2.11. The number of rotatable bonds is 5. The Morgan fingerprint density at radius 1 is 1.17 bits per heavy atom. The van der Waals surface area contributed by atoms with Gasteiger partial charge in [0.25, 0.3) is 0 Å². The normalized spacial score (nSPS) is 11.5. The molecule has 0 radical (unpaired) electrons. The lowest BCUT2D eigenvalue weighted by Crippen LogP contribution is -2.22. The molecule has 0 bridgehead atoms. The quantitative estimate of drug-likeness (QED) is 0.559. The molecule has 122 valence electrons. The highest BCUT2D eigenvalue weighted by Gasteiger charge is 1.99. The van der Waals surface area contributed by atoms with Gasteiger partial charge in [0.2, 0.25) is 0 Å². The summed E-state index contributed by atoms with van der Waals surface area (Å²) in [7, 11) is 0. The fourth-order valence-electron chi connectivity index (χ4n) is 2.33. The fourth-order valence-corrected chi connectivity index (χ4v) is 2.33. The Hall–Kier alpha value is -3.15. The first-order valence-corrected chi connectivity index (χ1v) is 7.84. The summed E-state index contributed by atoms with van der Waals surface area (Å²) in [6.45, 7) is 2.64. The number of nitrogens with zero attached hydrogens (tertiary/aromatic N) is 4. The summed E-state index contributed by atoms with van der Waals surface area (Å²) in [5, 5.41) is 7.23. The van der Waals surface area contributed by atoms with E-state index < -0.39 is 0 Å². The summed E-state index contributed by atoms with van der Waals surface area (Å²) in [4.78, 5) is 8.32. The van der Waals surface area contributed by atoms with Crippen LogP contribution in [0, 0.1) is 0 Å². The summed E-state index contributed by atoms with van der Waals surface area (Å²) in [5.41, 5.74) is 10.2. The summed E-state index contributed by atoms with van der Waals surface area (Å²) in [6, 6.07) is 16.1. The zero-order valence-electron chi connectivity index (χ0n) is 13.6. The molecule has 0 spiro atoms. The highest BCUT2D eigenvalue weighted by atomic mass is 15.3. The van der Waals surface area contributed by atoms with Crippen LogP contribution in [0.5, 0.6) is 0 Å². The van der Waals surface area contributed by atoms with Crippen molar-refractivity contribution in [3.05, 3.63) is 72.3 Å². The lowest BCUT2D eigenvalue weighted by molar-refractivity contribution is 0.877. The van der Waals surface area contributed by atoms with E-state index in [-0.39, 0.29) is 0 Å². The molecule has 3 N–H and O–H groups in total. The first-order chi connectivity index (χ1) is 11.7. The van der Waals surface area contributed by atoms with Crippen LogP contribution in [-0.2, 0) is 13.0 Å². The van der Waals surface area contributed by atoms with Gasteiger partial charge < -0.3 is 11.1 Å². The van der Waals surface area contributed by atoms with Crippen molar-refractivity contribution in [1.82, 2.24) is 14.8 Å². The molecule has 0 atom stereocenters. The van der Waals surface area contributed by atoms with Crippen molar-refractivity contribution < 1.29 is 0 Å². The molecular weight excluding hydrogens is 300 g/mol. The van der Waals surface area contributed by atoms with E-state index in [0.717, 1.165) is 23.4 Å². The number of hydrogen-bond donors (Lipinski definition) is 2. The zero-order valence-corrected chi connectivity index (χ0v) is 13.6. The molecule has 3 aromatic rings. The van der Waals surface area contributed by atoms with Gasteiger partial charge in [-0.2, -0.15) is 5.10 Å². The van der Waals surface area contributed by atoms with Crippen LogP contribution in [0.4, 0.5) is 5.69 Å². The third kappa shape index (κ3) is 3.98. The van der Waals surface area contributed by atoms with Crippen molar-refractivity contribution in [3.8, 4) is 5.69 Å². The molecule has 2 aromatic carbocycles. The molecule has 0 saturated carbocycles. The number of guanidine groups is 1. The van der Waals surface area contributed by atoms with E-state index in [4.69, 9.17) is 5.73 Å². The van der Waals surface area contributed by atoms with Crippen LogP contribution in [0.3, 0.4) is 0 Å². The van der Waals surface area contributed by atoms with Crippen molar-refractivity contribution in [2.45, 2.75) is 19.9 Å². The number of benzene rings is 2. The summed E-state index contributed by atoms with van der Waals surface area (Å²) in [5.74, 6) is 0.406. The van der Waals surface area contributed by atoms with Crippen LogP contribution >= 0.6 is 0 Å². The Balaban J connectivity index is 1.62. The van der Waals surface area contributed by atoms with Gasteiger partial charge in [-0.15, -0.1) is 0 Å². The van der Waals surface area contributed by atoms with Gasteiger partial charge in [-0.1, -0.05) is 31.2 Å². The van der Waals surface area contributed by atoms with E-state index in [9.17, 15) is 0 Å². The standard InChI is InChI=1S/C18H20N6/c1-2-14-4-3-5-16(10-14)23-18(19)21-11-15-6-8-17(9-7-15)24-13-20-12-22-24/h3-10,12-13H,2,11H2,1H3,(H3,19,21,23). The van der Waals surface area contributed by atoms with Gasteiger partial charge in [-0.25, -0.2) is 14.7 Å². The maximum absolute atomic E-state index is 5.97. The second-order valence-corrected chi connectivity index (χ2v) is 5.39. The molecule has 6 heteroatoms. The number of anilines is 1. The van der Waals surface area contributed by atoms with Crippen molar-refractivity contribution in [2.24, 2.45) is 10.7 Å². The van der Waals surface area contributed by atoms with E-state index in [1.807, 2.05) is 36.4 Å². The van der Waals surface area contributed by atoms with E-state index >= 15 is 0 Å². The largest absolute Gasteiger partial charge is 0.370 e. The molecule has 0 amide bonds. The smallest absolute Gasteiger partial charge is 0.193 e. The number of aryl methyl sites for hydroxylation is 1. The van der Waals surface area contributed by atoms with Crippen LogP contribution in [0.1, 0.15) is 18.1 Å². The second-order valence-electron chi connectivity index (χ2n) is 5.39. The Labute approximate surface area is 141 Å². The molecule has 0 aliphatic carbocycles. The van der Waals surface area contributed by atoms with Crippen molar-refractivity contribution in [1.29, 1.82) is 0 Å². The highest BCUT2D eigenvalue weighted by molar-refractivity contribution is 5.92. The Morgan fingerprint density at radius 2 is 2.00 bits per heavy atom. The molecular formula is C18H20N6. The Morgan fingerprint density at radius 3 is 2.71 bits per heavy atom. The maximum Gasteiger partial charge on any atom is 0.193 e. The third-order valence-corrected chi connectivity index (χ3v) is 3.66. The van der Waals surface area contributed by atoms with Crippen molar-refractivity contribution in [2.75, 3.05) is 5.32 Å². The molecule has 0 saturated heterocycles. The summed E-state index contributed by atoms with van der Waals surface area (Å²) >= 11 is 0. The second kappa shape index (κ2) is 7.41. The number of aromatic nitrogens is 3. The fraction of sp³-hybridized carbons (Fsp3) is 0.167. The van der Waals surface area contributed by atoms with Gasteiger partial charge in [-0.3, -0.25) is 0 Å². The zero-order chi connectivity index (χ0) is 16.8. The van der Waals surface area contributed by atoms with Crippen LogP contribution in [-0.4, -0.2) is 20.7 Å². The van der Waals surface area contributed by atoms with Crippen LogP contribution in [0.2, 0.25) is 0 Å². The summed E-state index contributed by atoms with van der Waals surface area (Å²) in [6.07, 6.45) is 4.17. The first-order valence-electron chi connectivity index (χ1n) is 7.84. The van der Waals surface area contributed by atoms with E-state index in [1.54, 1.807) is 11.0 Å². The minimum absolute atomic E-state index is 0.406. The number of nitrogens with one attached hydrogen (secondary N) is 1. The van der Waals surface area contributed by atoms with Crippen LogP contribution in [0.15, 0.2) is 66.2 Å². The molecule has 6 nitrogen and oxygen atoms in total. The number of aliphatic imine (C=N–C) groups is 1. The van der Waals surface area contributed by atoms with E-state index in [0.29, 0.717) is 12.5 Å². The first kappa shape index (κ1) is 15.7. The molecule has 1 aromatic heterocycles. The minimum atomic E-state index is 0.406. The average molecular weight is 320 g/mol. The average Bonchev–Trinajstić information content (AvgIpc) is 3.15. The van der Waals surface area contributed by atoms with Gasteiger partial charge >= 0.3 is 0 Å². The Kier molecular flexibility index (Phi) is 4.86.